The van der Waals surface area contributed by atoms with Crippen LogP contribution >= 0.6 is 0 Å². The molecule has 114 valence electrons. The number of rotatable bonds is 7. The first kappa shape index (κ1) is 18.2. The smallest absolute Gasteiger partial charge is 0.407 e. The lowest BCUT2D eigenvalue weighted by Crippen LogP contribution is -2.42. The minimum Gasteiger partial charge on any atom is -0.444 e. The Hall–Kier alpha value is -0.810. The third-order valence-corrected chi connectivity index (χ3v) is 2.85. The summed E-state index contributed by atoms with van der Waals surface area (Å²) in [7, 11) is 0. The maximum Gasteiger partial charge on any atom is 0.407 e. The normalized spacial score (nSPS) is 15.2. The summed E-state index contributed by atoms with van der Waals surface area (Å²) in [5, 5.41) is 15.0. The van der Waals surface area contributed by atoms with Gasteiger partial charge in [0.15, 0.2) is 0 Å². The molecule has 0 heterocycles. The lowest BCUT2D eigenvalue weighted by Gasteiger charge is -2.25. The molecule has 0 aliphatic rings. The van der Waals surface area contributed by atoms with E-state index < -0.39 is 5.60 Å². The van der Waals surface area contributed by atoms with Crippen molar-refractivity contribution in [2.24, 2.45) is 11.8 Å². The van der Waals surface area contributed by atoms with Gasteiger partial charge in [-0.05, 0) is 39.5 Å². The van der Waals surface area contributed by atoms with Crippen molar-refractivity contribution in [3.63, 3.8) is 0 Å². The van der Waals surface area contributed by atoms with E-state index in [1.54, 1.807) is 0 Å². The van der Waals surface area contributed by atoms with Crippen LogP contribution in [0, 0.1) is 11.8 Å². The zero-order valence-electron chi connectivity index (χ0n) is 13.1. The van der Waals surface area contributed by atoms with Gasteiger partial charge in [-0.1, -0.05) is 13.8 Å². The summed E-state index contributed by atoms with van der Waals surface area (Å²) in [4.78, 5) is 11.6. The summed E-state index contributed by atoms with van der Waals surface area (Å²) in [5.74, 6) is 0.745. The van der Waals surface area contributed by atoms with Gasteiger partial charge in [0.05, 0.1) is 6.61 Å². The number of hydrogen-bond acceptors (Lipinski definition) is 4. The van der Waals surface area contributed by atoms with Crippen LogP contribution in [0.3, 0.4) is 0 Å². The summed E-state index contributed by atoms with van der Waals surface area (Å²) in [6.45, 7) is 13.1. The Bertz CT molecular complexity index is 262. The number of carbonyl (C=O) groups excluding carboxylic acids is 1. The van der Waals surface area contributed by atoms with Crippen LogP contribution in [-0.4, -0.2) is 42.5 Å². The second-order valence-corrected chi connectivity index (χ2v) is 6.38. The van der Waals surface area contributed by atoms with Crippen LogP contribution in [0.25, 0.3) is 0 Å². The number of nitrogens with one attached hydrogen (secondary N) is 2. The van der Waals surface area contributed by atoms with Gasteiger partial charge in [0.25, 0.3) is 0 Å². The predicted molar refractivity (Wildman–Crippen MR) is 77.1 cm³/mol. The van der Waals surface area contributed by atoms with Crippen molar-refractivity contribution in [3.8, 4) is 0 Å². The number of alkyl carbamates (subject to hydrolysis) is 1. The Labute approximate surface area is 117 Å². The molecule has 3 N–H and O–H groups in total. The fourth-order valence-electron chi connectivity index (χ4n) is 1.49. The first-order valence-corrected chi connectivity index (χ1v) is 6.96. The summed E-state index contributed by atoms with van der Waals surface area (Å²) in [5.41, 5.74) is -0.471. The van der Waals surface area contributed by atoms with Crippen LogP contribution < -0.4 is 10.6 Å². The van der Waals surface area contributed by atoms with Crippen LogP contribution in [0.5, 0.6) is 0 Å². The summed E-state index contributed by atoms with van der Waals surface area (Å²) >= 11 is 0. The van der Waals surface area contributed by atoms with Crippen molar-refractivity contribution in [2.75, 3.05) is 19.7 Å². The first-order valence-electron chi connectivity index (χ1n) is 6.96. The highest BCUT2D eigenvalue weighted by atomic mass is 16.6. The zero-order chi connectivity index (χ0) is 15.1. The van der Waals surface area contributed by atoms with Gasteiger partial charge in [0.2, 0.25) is 0 Å². The Morgan fingerprint density at radius 2 is 1.79 bits per heavy atom. The highest BCUT2D eigenvalue weighted by molar-refractivity contribution is 5.67. The van der Waals surface area contributed by atoms with Crippen LogP contribution in [0.4, 0.5) is 4.79 Å². The lowest BCUT2D eigenvalue weighted by molar-refractivity contribution is 0.0514. The molecule has 0 saturated carbocycles. The number of amides is 1. The molecule has 0 aliphatic heterocycles. The van der Waals surface area contributed by atoms with Crippen molar-refractivity contribution in [3.05, 3.63) is 0 Å². The number of hydrogen-bond donors (Lipinski definition) is 3. The quantitative estimate of drug-likeness (QED) is 0.661. The third kappa shape index (κ3) is 9.73. The van der Waals surface area contributed by atoms with Crippen LogP contribution in [0.2, 0.25) is 0 Å². The first-order chi connectivity index (χ1) is 8.65. The molecule has 0 spiro atoms. The number of aliphatic hydroxyl groups is 1. The van der Waals surface area contributed by atoms with Gasteiger partial charge >= 0.3 is 6.09 Å². The van der Waals surface area contributed by atoms with Gasteiger partial charge in [0, 0.05) is 19.1 Å². The average molecular weight is 274 g/mol. The number of ether oxygens (including phenoxy) is 1. The molecule has 0 aromatic heterocycles. The molecular formula is C14H30N2O3. The van der Waals surface area contributed by atoms with Crippen LogP contribution in [0.15, 0.2) is 0 Å². The number of aliphatic hydroxyl groups excluding tert-OH is 1. The van der Waals surface area contributed by atoms with E-state index in [4.69, 9.17) is 9.84 Å². The molecule has 0 saturated heterocycles. The molecule has 0 aromatic rings. The fourth-order valence-corrected chi connectivity index (χ4v) is 1.49. The monoisotopic (exact) mass is 274 g/mol. The predicted octanol–water partition coefficient (Wildman–Crippen LogP) is 1.75. The Morgan fingerprint density at radius 1 is 1.21 bits per heavy atom. The van der Waals surface area contributed by atoms with Crippen molar-refractivity contribution < 1.29 is 14.6 Å². The highest BCUT2D eigenvalue weighted by Crippen LogP contribution is 2.10. The van der Waals surface area contributed by atoms with Gasteiger partial charge in [-0.15, -0.1) is 0 Å². The lowest BCUT2D eigenvalue weighted by atomic mass is 9.95. The van der Waals surface area contributed by atoms with E-state index in [0.717, 1.165) is 6.54 Å². The Morgan fingerprint density at radius 3 is 2.21 bits per heavy atom. The summed E-state index contributed by atoms with van der Waals surface area (Å²) < 4.78 is 5.20. The zero-order valence-corrected chi connectivity index (χ0v) is 13.1. The highest BCUT2D eigenvalue weighted by Gasteiger charge is 2.19. The van der Waals surface area contributed by atoms with Gasteiger partial charge < -0.3 is 20.5 Å². The van der Waals surface area contributed by atoms with E-state index in [1.165, 1.54) is 0 Å². The maximum absolute atomic E-state index is 11.6. The second-order valence-electron chi connectivity index (χ2n) is 6.38. The van der Waals surface area contributed by atoms with Gasteiger partial charge in [0.1, 0.15) is 5.60 Å². The molecule has 0 rings (SSSR count). The second kappa shape index (κ2) is 8.38. The molecule has 0 fully saturated rings. The SMILES string of the molecule is CC(CO)NCC(CNC(=O)OC(C)(C)C)C(C)C. The van der Waals surface area contributed by atoms with Crippen molar-refractivity contribution in [2.45, 2.75) is 53.2 Å². The molecule has 0 radical (unpaired) electrons. The topological polar surface area (TPSA) is 70.6 Å². The van der Waals surface area contributed by atoms with Crippen LogP contribution in [-0.2, 0) is 4.74 Å². The van der Waals surface area contributed by atoms with Gasteiger partial charge in [-0.3, -0.25) is 0 Å². The molecule has 2 atom stereocenters. The molecule has 0 bridgehead atoms. The molecule has 19 heavy (non-hydrogen) atoms. The Kier molecular flexibility index (Phi) is 8.02. The standard InChI is InChI=1S/C14H30N2O3/c1-10(2)12(7-15-11(3)9-17)8-16-13(18)19-14(4,5)6/h10-12,15,17H,7-9H2,1-6H3,(H,16,18). The van der Waals surface area contributed by atoms with Gasteiger partial charge in [-0.2, -0.15) is 0 Å². The maximum atomic E-state index is 11.6. The minimum absolute atomic E-state index is 0.0720. The van der Waals surface area contributed by atoms with E-state index in [2.05, 4.69) is 24.5 Å². The Balaban J connectivity index is 4.11. The third-order valence-electron chi connectivity index (χ3n) is 2.85. The van der Waals surface area contributed by atoms with Crippen LogP contribution in [0.1, 0.15) is 41.5 Å². The average Bonchev–Trinajstić information content (AvgIpc) is 2.25. The fraction of sp³-hybridized carbons (Fsp3) is 0.929. The van der Waals surface area contributed by atoms with E-state index >= 15 is 0 Å². The molecule has 5 heteroatoms. The van der Waals surface area contributed by atoms with E-state index in [0.29, 0.717) is 18.4 Å². The van der Waals surface area contributed by atoms with E-state index in [-0.39, 0.29) is 18.7 Å². The molecule has 1 amide bonds. The number of carbonyl (C=O) groups is 1. The molecule has 2 unspecified atom stereocenters. The van der Waals surface area contributed by atoms with E-state index in [1.807, 2.05) is 27.7 Å². The van der Waals surface area contributed by atoms with Gasteiger partial charge in [-0.25, -0.2) is 4.79 Å². The summed E-state index contributed by atoms with van der Waals surface area (Å²) in [6, 6.07) is 0.0720. The summed E-state index contributed by atoms with van der Waals surface area (Å²) in [6.07, 6.45) is -0.381. The van der Waals surface area contributed by atoms with Crippen molar-refractivity contribution in [1.29, 1.82) is 0 Å². The molecule has 0 aromatic carbocycles. The van der Waals surface area contributed by atoms with Crippen molar-refractivity contribution in [1.82, 2.24) is 10.6 Å². The van der Waals surface area contributed by atoms with E-state index in [9.17, 15) is 4.79 Å². The largest absolute Gasteiger partial charge is 0.444 e. The minimum atomic E-state index is -0.471. The molecule has 0 aliphatic carbocycles. The molecular weight excluding hydrogens is 244 g/mol. The molecule has 5 nitrogen and oxygen atoms in total. The van der Waals surface area contributed by atoms with Crippen molar-refractivity contribution >= 4 is 6.09 Å².